The number of hydrogen-bond acceptors (Lipinski definition) is 2. The molecule has 0 N–H and O–H groups in total. The van der Waals surface area contributed by atoms with Gasteiger partial charge in [-0.2, -0.15) is 0 Å². The average molecular weight is 521 g/mol. The first-order valence-corrected chi connectivity index (χ1v) is 18.6. The van der Waals surface area contributed by atoms with Crippen molar-refractivity contribution in [1.82, 2.24) is 0 Å². The lowest BCUT2D eigenvalue weighted by molar-refractivity contribution is 0.205. The van der Waals surface area contributed by atoms with Crippen LogP contribution in [0.25, 0.3) is 0 Å². The topological polar surface area (TPSA) is 18.5 Å². The Morgan fingerprint density at radius 3 is 1.69 bits per heavy atom. The second kappa shape index (κ2) is 13.0. The van der Waals surface area contributed by atoms with E-state index < -0.39 is 16.6 Å². The molecule has 0 heterocycles. The first-order valence-electron chi connectivity index (χ1n) is 13.3. The van der Waals surface area contributed by atoms with Crippen LogP contribution in [0.1, 0.15) is 46.5 Å². The van der Waals surface area contributed by atoms with Crippen molar-refractivity contribution in [2.75, 3.05) is 6.61 Å². The fourth-order valence-corrected chi connectivity index (χ4v) is 10.8. The molecule has 0 spiro atoms. The van der Waals surface area contributed by atoms with Gasteiger partial charge in [-0.25, -0.2) is 0 Å². The molecule has 0 bridgehead atoms. The van der Waals surface area contributed by atoms with E-state index in [4.69, 9.17) is 8.85 Å². The fraction of sp³-hybridized carbons (Fsp3) is 0.438. The molecule has 0 aliphatic rings. The van der Waals surface area contributed by atoms with Crippen LogP contribution in [0.5, 0.6) is 0 Å². The molecule has 2 aromatic carbocycles. The standard InChI is InChI=1S/C32H48O2Si2/c1-10-28(34-35(7,8)9)24-26-32(11-2,12-3)25-19-27-33-36(31(4,5)6,29-20-15-13-16-21-29)30-22-17-14-18-23-30/h10-18,20-23,28H,1-3,19,24-27H2,4-9H3/t28-/m1/s1. The van der Waals surface area contributed by atoms with E-state index in [-0.39, 0.29) is 16.6 Å². The second-order valence-corrected chi connectivity index (χ2v) is 20.6. The molecule has 2 aromatic rings. The van der Waals surface area contributed by atoms with E-state index in [1.165, 1.54) is 10.4 Å². The Hall–Kier alpha value is -1.99. The normalized spacial score (nSPS) is 13.7. The fourth-order valence-electron chi connectivity index (χ4n) is 5.09. The Morgan fingerprint density at radius 1 is 0.806 bits per heavy atom. The molecule has 0 fully saturated rings. The molecule has 1 atom stereocenters. The van der Waals surface area contributed by atoms with Gasteiger partial charge in [0.05, 0.1) is 6.10 Å². The van der Waals surface area contributed by atoms with Crippen LogP contribution in [0.2, 0.25) is 24.7 Å². The lowest BCUT2D eigenvalue weighted by atomic mass is 9.78. The Kier molecular flexibility index (Phi) is 10.9. The summed E-state index contributed by atoms with van der Waals surface area (Å²) in [6.45, 7) is 26.7. The minimum absolute atomic E-state index is 0.0188. The molecule has 2 nitrogen and oxygen atoms in total. The maximum absolute atomic E-state index is 7.10. The third-order valence-corrected chi connectivity index (χ3v) is 13.0. The smallest absolute Gasteiger partial charge is 0.261 e. The van der Waals surface area contributed by atoms with Crippen LogP contribution in [-0.2, 0) is 8.85 Å². The first kappa shape index (κ1) is 30.2. The average Bonchev–Trinajstić information content (AvgIpc) is 2.85. The van der Waals surface area contributed by atoms with Gasteiger partial charge in [0.15, 0.2) is 8.32 Å². The maximum atomic E-state index is 7.10. The molecule has 36 heavy (non-hydrogen) atoms. The van der Waals surface area contributed by atoms with Gasteiger partial charge in [-0.15, -0.1) is 19.7 Å². The minimum atomic E-state index is -2.52. The zero-order chi connectivity index (χ0) is 26.9. The Morgan fingerprint density at radius 2 is 1.31 bits per heavy atom. The third kappa shape index (κ3) is 7.75. The van der Waals surface area contributed by atoms with Crippen molar-refractivity contribution in [2.24, 2.45) is 5.41 Å². The van der Waals surface area contributed by atoms with Crippen LogP contribution >= 0.6 is 0 Å². The van der Waals surface area contributed by atoms with E-state index in [9.17, 15) is 0 Å². The van der Waals surface area contributed by atoms with E-state index >= 15 is 0 Å². The summed E-state index contributed by atoms with van der Waals surface area (Å²) in [5, 5.41) is 2.62. The van der Waals surface area contributed by atoms with E-state index in [2.05, 4.69) is 133 Å². The highest BCUT2D eigenvalue weighted by molar-refractivity contribution is 6.99. The molecule has 0 saturated carbocycles. The first-order chi connectivity index (χ1) is 16.9. The highest BCUT2D eigenvalue weighted by Crippen LogP contribution is 2.38. The maximum Gasteiger partial charge on any atom is 0.261 e. The highest BCUT2D eigenvalue weighted by atomic mass is 28.4. The van der Waals surface area contributed by atoms with Crippen molar-refractivity contribution >= 4 is 27.0 Å². The van der Waals surface area contributed by atoms with Crippen LogP contribution in [0, 0.1) is 5.41 Å². The number of benzene rings is 2. The summed E-state index contributed by atoms with van der Waals surface area (Å²) in [7, 11) is -4.15. The van der Waals surface area contributed by atoms with E-state index in [0.717, 1.165) is 25.7 Å². The third-order valence-electron chi connectivity index (χ3n) is 7.00. The predicted octanol–water partition coefficient (Wildman–Crippen LogP) is 7.89. The van der Waals surface area contributed by atoms with Crippen molar-refractivity contribution < 1.29 is 8.85 Å². The van der Waals surface area contributed by atoms with Crippen LogP contribution < -0.4 is 10.4 Å². The van der Waals surface area contributed by atoms with E-state index in [0.29, 0.717) is 6.61 Å². The molecule has 196 valence electrons. The lowest BCUT2D eigenvalue weighted by Crippen LogP contribution is -2.66. The zero-order valence-corrected chi connectivity index (χ0v) is 25.6. The zero-order valence-electron chi connectivity index (χ0n) is 23.6. The summed E-state index contributed by atoms with van der Waals surface area (Å²) >= 11 is 0. The van der Waals surface area contributed by atoms with Gasteiger partial charge in [0.25, 0.3) is 8.32 Å². The van der Waals surface area contributed by atoms with Gasteiger partial charge in [-0.05, 0) is 60.7 Å². The molecule has 0 amide bonds. The summed E-state index contributed by atoms with van der Waals surface area (Å²) < 4.78 is 13.4. The Balaban J connectivity index is 2.21. The van der Waals surface area contributed by atoms with Crippen molar-refractivity contribution in [1.29, 1.82) is 0 Å². The monoisotopic (exact) mass is 520 g/mol. The molecule has 2 rings (SSSR count). The number of allylic oxidation sites excluding steroid dienone is 2. The summed E-state index contributed by atoms with van der Waals surface area (Å²) in [6.07, 6.45) is 9.91. The molecule has 0 aliphatic heterocycles. The van der Waals surface area contributed by atoms with Gasteiger partial charge >= 0.3 is 0 Å². The van der Waals surface area contributed by atoms with E-state index in [1.807, 2.05) is 6.08 Å². The Labute approximate surface area is 223 Å². The van der Waals surface area contributed by atoms with E-state index in [1.54, 1.807) is 0 Å². The van der Waals surface area contributed by atoms with Crippen molar-refractivity contribution in [3.63, 3.8) is 0 Å². The lowest BCUT2D eigenvalue weighted by Gasteiger charge is -2.43. The molecule has 4 heteroatoms. The van der Waals surface area contributed by atoms with Gasteiger partial charge in [-0.3, -0.25) is 0 Å². The number of hydrogen-bond donors (Lipinski definition) is 0. The minimum Gasteiger partial charge on any atom is -0.411 e. The highest BCUT2D eigenvalue weighted by Gasteiger charge is 2.50. The molecular weight excluding hydrogens is 473 g/mol. The van der Waals surface area contributed by atoms with Gasteiger partial charge in [0, 0.05) is 12.0 Å². The van der Waals surface area contributed by atoms with Crippen LogP contribution in [0.3, 0.4) is 0 Å². The summed E-state index contributed by atoms with van der Waals surface area (Å²) in [5.41, 5.74) is -0.140. The van der Waals surface area contributed by atoms with Gasteiger partial charge in [-0.1, -0.05) is 99.7 Å². The van der Waals surface area contributed by atoms with Crippen LogP contribution in [0.15, 0.2) is 98.6 Å². The summed E-state index contributed by atoms with van der Waals surface area (Å²) in [6, 6.07) is 21.7. The Bertz CT molecular complexity index is 908. The van der Waals surface area contributed by atoms with Gasteiger partial charge < -0.3 is 8.85 Å². The molecule has 0 aliphatic carbocycles. The molecule has 0 saturated heterocycles. The van der Waals surface area contributed by atoms with Crippen LogP contribution in [-0.4, -0.2) is 29.3 Å². The molecule has 0 unspecified atom stereocenters. The largest absolute Gasteiger partial charge is 0.411 e. The quantitative estimate of drug-likeness (QED) is 0.135. The number of rotatable bonds is 15. The SMILES string of the molecule is C=C[C@H](CCC(C=C)(C=C)CCCO[Si](c1ccccc1)(c1ccccc1)C(C)(C)C)O[Si](C)(C)C. The second-order valence-electron chi connectivity index (χ2n) is 11.8. The van der Waals surface area contributed by atoms with Crippen molar-refractivity contribution in [3.8, 4) is 0 Å². The van der Waals surface area contributed by atoms with Gasteiger partial charge in [0.1, 0.15) is 0 Å². The molecular formula is C32H48O2Si2. The van der Waals surface area contributed by atoms with Crippen LogP contribution in [0.4, 0.5) is 0 Å². The molecule has 0 radical (unpaired) electrons. The summed E-state index contributed by atoms with van der Waals surface area (Å²) in [4.78, 5) is 0. The van der Waals surface area contributed by atoms with Gasteiger partial charge in [0.2, 0.25) is 0 Å². The van der Waals surface area contributed by atoms with Crippen molar-refractivity contribution in [3.05, 3.63) is 98.6 Å². The predicted molar refractivity (Wildman–Crippen MR) is 163 cm³/mol. The summed E-state index contributed by atoms with van der Waals surface area (Å²) in [5.74, 6) is 0. The molecule has 0 aromatic heterocycles. The van der Waals surface area contributed by atoms with Crippen molar-refractivity contribution in [2.45, 2.75) is 77.2 Å².